The number of rotatable bonds is 11. The fourth-order valence-corrected chi connectivity index (χ4v) is 2.90. The Morgan fingerprint density at radius 1 is 1.26 bits per heavy atom. The highest BCUT2D eigenvalue weighted by molar-refractivity contribution is 5.98. The Balaban J connectivity index is 2.21. The lowest BCUT2D eigenvalue weighted by Gasteiger charge is -2.30. The monoisotopic (exact) mass is 507 g/mol. The number of benzene rings is 1. The first-order valence-corrected chi connectivity index (χ1v) is 9.84. The lowest BCUT2D eigenvalue weighted by atomic mass is 10.1. The minimum atomic E-state index is -4.71. The van der Waals surface area contributed by atoms with E-state index >= 15 is 0 Å². The van der Waals surface area contributed by atoms with Gasteiger partial charge in [-0.15, -0.1) is 4.80 Å². The molecule has 0 saturated carbocycles. The Kier molecular flexibility index (Phi) is 9.62. The second-order valence-corrected chi connectivity index (χ2v) is 6.99. The van der Waals surface area contributed by atoms with E-state index in [1.165, 1.54) is 19.3 Å². The second-order valence-electron chi connectivity index (χ2n) is 6.99. The third kappa shape index (κ3) is 7.70. The van der Waals surface area contributed by atoms with Crippen molar-refractivity contribution >= 4 is 18.8 Å². The van der Waals surface area contributed by atoms with E-state index in [0.717, 1.165) is 0 Å². The fourth-order valence-electron chi connectivity index (χ4n) is 2.90. The molecule has 0 fully saturated rings. The minimum absolute atomic E-state index is 0.187. The van der Waals surface area contributed by atoms with Gasteiger partial charge in [0.05, 0.1) is 36.7 Å². The van der Waals surface area contributed by atoms with E-state index in [9.17, 15) is 35.5 Å². The number of carbonyl (C=O) groups is 1. The Morgan fingerprint density at radius 2 is 1.91 bits per heavy atom. The Hall–Kier alpha value is -3.62. The fraction of sp³-hybridized carbons (Fsp3) is 0.350. The molecule has 2 rings (SSSR count). The average molecular weight is 507 g/mol. The van der Waals surface area contributed by atoms with Gasteiger partial charge in [-0.25, -0.2) is 17.6 Å². The molecular weight excluding hydrogens is 487 g/mol. The van der Waals surface area contributed by atoms with Crippen molar-refractivity contribution in [3.8, 4) is 5.69 Å². The van der Waals surface area contributed by atoms with Gasteiger partial charge in [0.1, 0.15) is 11.5 Å². The minimum Gasteiger partial charge on any atom is -0.329 e. The van der Waals surface area contributed by atoms with Crippen LogP contribution in [0.5, 0.6) is 0 Å². The summed E-state index contributed by atoms with van der Waals surface area (Å²) >= 11 is 0. The van der Waals surface area contributed by atoms with Crippen molar-refractivity contribution in [2.24, 2.45) is 9.98 Å². The maximum Gasteiger partial charge on any atom is 0.419 e. The van der Waals surface area contributed by atoms with E-state index in [1.54, 1.807) is 0 Å². The number of aromatic nitrogens is 3. The van der Waals surface area contributed by atoms with Gasteiger partial charge in [-0.3, -0.25) is 20.1 Å². The SMILES string of the molecule is C=N/C=C(\C=NCNC[C@H](C)N(CC(F)F)C(=O)c1cc(F)cc(F)c1-n1nccn1)C(F)(F)F. The van der Waals surface area contributed by atoms with Crippen molar-refractivity contribution in [3.05, 3.63) is 53.5 Å². The molecule has 0 spiro atoms. The van der Waals surface area contributed by atoms with Crippen LogP contribution < -0.4 is 5.32 Å². The van der Waals surface area contributed by atoms with Gasteiger partial charge in [-0.2, -0.15) is 23.4 Å². The quantitative estimate of drug-likeness (QED) is 0.287. The Morgan fingerprint density at radius 3 is 2.49 bits per heavy atom. The van der Waals surface area contributed by atoms with E-state index in [0.29, 0.717) is 34.2 Å². The smallest absolute Gasteiger partial charge is 0.329 e. The molecule has 0 bridgehead atoms. The van der Waals surface area contributed by atoms with Gasteiger partial charge in [0.2, 0.25) is 0 Å². The number of hydrogen-bond donors (Lipinski definition) is 1. The highest BCUT2D eigenvalue weighted by Crippen LogP contribution is 2.24. The molecular formula is C20H20F7N7O. The molecule has 1 aromatic carbocycles. The molecule has 2 aromatic rings. The highest BCUT2D eigenvalue weighted by Gasteiger charge is 2.32. The van der Waals surface area contributed by atoms with E-state index in [4.69, 9.17) is 0 Å². The van der Waals surface area contributed by atoms with Crippen LogP contribution >= 0.6 is 0 Å². The number of hydrogen-bond acceptors (Lipinski definition) is 6. The third-order valence-corrected chi connectivity index (χ3v) is 4.44. The average Bonchev–Trinajstić information content (AvgIpc) is 3.28. The number of amides is 1. The topological polar surface area (TPSA) is 87.8 Å². The molecule has 15 heteroatoms. The van der Waals surface area contributed by atoms with Crippen molar-refractivity contribution in [2.45, 2.75) is 25.6 Å². The van der Waals surface area contributed by atoms with Crippen LogP contribution in [0.15, 0.2) is 46.3 Å². The van der Waals surface area contributed by atoms with Crippen molar-refractivity contribution < 1.29 is 35.5 Å². The molecule has 0 aliphatic carbocycles. The van der Waals surface area contributed by atoms with Gasteiger partial charge in [0.15, 0.2) is 5.82 Å². The molecule has 35 heavy (non-hydrogen) atoms. The molecule has 1 N–H and O–H groups in total. The zero-order chi connectivity index (χ0) is 26.2. The Bertz CT molecular complexity index is 1070. The third-order valence-electron chi connectivity index (χ3n) is 4.44. The zero-order valence-corrected chi connectivity index (χ0v) is 18.2. The van der Waals surface area contributed by atoms with Gasteiger partial charge >= 0.3 is 6.18 Å². The van der Waals surface area contributed by atoms with Crippen LogP contribution in [0, 0.1) is 11.6 Å². The van der Waals surface area contributed by atoms with Crippen LogP contribution in [0.4, 0.5) is 30.7 Å². The van der Waals surface area contributed by atoms with Crippen molar-refractivity contribution in [2.75, 3.05) is 19.8 Å². The summed E-state index contributed by atoms with van der Waals surface area (Å²) in [7, 11) is 0. The first-order valence-electron chi connectivity index (χ1n) is 9.84. The summed E-state index contributed by atoms with van der Waals surface area (Å²) in [4.78, 5) is 21.1. The molecule has 0 unspecified atom stereocenters. The van der Waals surface area contributed by atoms with Crippen LogP contribution in [0.3, 0.4) is 0 Å². The molecule has 0 aliphatic rings. The summed E-state index contributed by atoms with van der Waals surface area (Å²) in [5.41, 5.74) is -2.29. The predicted octanol–water partition coefficient (Wildman–Crippen LogP) is 3.41. The maximum absolute atomic E-state index is 14.5. The first kappa shape index (κ1) is 27.6. The van der Waals surface area contributed by atoms with Crippen LogP contribution in [-0.2, 0) is 0 Å². The molecule has 190 valence electrons. The van der Waals surface area contributed by atoms with Crippen molar-refractivity contribution in [1.29, 1.82) is 0 Å². The van der Waals surface area contributed by atoms with E-state index in [2.05, 4.69) is 32.2 Å². The summed E-state index contributed by atoms with van der Waals surface area (Å²) in [6.45, 7) is 2.68. The van der Waals surface area contributed by atoms with Crippen molar-refractivity contribution in [1.82, 2.24) is 25.2 Å². The lowest BCUT2D eigenvalue weighted by Crippen LogP contribution is -2.46. The second kappa shape index (κ2) is 12.2. The molecule has 0 radical (unpaired) electrons. The molecule has 1 amide bonds. The zero-order valence-electron chi connectivity index (χ0n) is 18.2. The molecule has 8 nitrogen and oxygen atoms in total. The number of halogens is 7. The first-order chi connectivity index (χ1) is 16.5. The summed E-state index contributed by atoms with van der Waals surface area (Å²) in [5, 5.41) is 10.0. The standard InChI is InChI=1S/C20H20F7N7O/c1-12(7-29-11-30-9-13(8-28-2)20(25,26)27)33(10-17(23)24)19(35)15-5-14(21)6-16(22)18(15)34-31-3-4-32-34/h3-6,8-9,12,17,29H,2,7,10-11H2,1H3/b13-8+,30-9?/t12-/m0/s1. The summed E-state index contributed by atoms with van der Waals surface area (Å²) in [5.74, 6) is -3.45. The van der Waals surface area contributed by atoms with Crippen LogP contribution in [0.2, 0.25) is 0 Å². The predicted molar refractivity (Wildman–Crippen MR) is 113 cm³/mol. The number of aliphatic imine (C=N–C) groups is 2. The largest absolute Gasteiger partial charge is 0.419 e. The van der Waals surface area contributed by atoms with Crippen molar-refractivity contribution in [3.63, 3.8) is 0 Å². The number of nitrogens with one attached hydrogen (secondary N) is 1. The van der Waals surface area contributed by atoms with E-state index < -0.39 is 59.6 Å². The lowest BCUT2D eigenvalue weighted by molar-refractivity contribution is -0.0857. The van der Waals surface area contributed by atoms with E-state index in [-0.39, 0.29) is 13.2 Å². The number of carbonyl (C=O) groups excluding carboxylic acids is 1. The van der Waals surface area contributed by atoms with Gasteiger partial charge in [0, 0.05) is 31.1 Å². The normalized spacial score (nSPS) is 13.5. The molecule has 1 aromatic heterocycles. The summed E-state index contributed by atoms with van der Waals surface area (Å²) in [6, 6.07) is 0.177. The van der Waals surface area contributed by atoms with Gasteiger partial charge in [-0.1, -0.05) is 0 Å². The van der Waals surface area contributed by atoms with Gasteiger partial charge < -0.3 is 4.90 Å². The van der Waals surface area contributed by atoms with E-state index in [1.807, 2.05) is 0 Å². The summed E-state index contributed by atoms with van der Waals surface area (Å²) < 4.78 is 93.1. The number of allylic oxidation sites excluding steroid dienone is 1. The number of alkyl halides is 5. The van der Waals surface area contributed by atoms with Crippen LogP contribution in [0.1, 0.15) is 17.3 Å². The summed E-state index contributed by atoms with van der Waals surface area (Å²) in [6.07, 6.45) is -4.38. The van der Waals surface area contributed by atoms with Crippen LogP contribution in [0.25, 0.3) is 5.69 Å². The van der Waals surface area contributed by atoms with Crippen LogP contribution in [-0.4, -0.2) is 77.1 Å². The molecule has 1 atom stereocenters. The molecule has 0 aliphatic heterocycles. The number of nitrogens with zero attached hydrogens (tertiary/aromatic N) is 6. The Labute approximate surface area is 194 Å². The van der Waals surface area contributed by atoms with Gasteiger partial charge in [-0.05, 0) is 19.7 Å². The maximum atomic E-state index is 14.5. The molecule has 1 heterocycles. The van der Waals surface area contributed by atoms with Gasteiger partial charge in [0.25, 0.3) is 12.3 Å². The molecule has 0 saturated heterocycles. The highest BCUT2D eigenvalue weighted by atomic mass is 19.4.